The fraction of sp³-hybridized carbons (Fsp3) is 0.227. The molecule has 0 radical (unpaired) electrons. The number of hydrogen-bond donors (Lipinski definition) is 2. The molecular formula is C22H22ClN5O3. The molecule has 0 aliphatic carbocycles. The first kappa shape index (κ1) is 20.7. The zero-order chi connectivity index (χ0) is 22.1. The molecule has 1 aromatic heterocycles. The average molecular weight is 440 g/mol. The van der Waals surface area contributed by atoms with Gasteiger partial charge >= 0.3 is 0 Å². The topological polar surface area (TPSA) is 104 Å². The highest BCUT2D eigenvalue weighted by Gasteiger charge is 2.34. The van der Waals surface area contributed by atoms with Crippen molar-refractivity contribution >= 4 is 23.5 Å². The Kier molecular flexibility index (Phi) is 5.56. The van der Waals surface area contributed by atoms with Gasteiger partial charge < -0.3 is 20.5 Å². The second-order valence-electron chi connectivity index (χ2n) is 6.99. The van der Waals surface area contributed by atoms with E-state index in [1.54, 1.807) is 30.8 Å². The van der Waals surface area contributed by atoms with Crippen molar-refractivity contribution in [3.8, 4) is 22.9 Å². The summed E-state index contributed by atoms with van der Waals surface area (Å²) in [6, 6.07) is 12.2. The molecule has 2 heterocycles. The fourth-order valence-electron chi connectivity index (χ4n) is 3.66. The lowest BCUT2D eigenvalue weighted by atomic mass is 9.95. The first-order chi connectivity index (χ1) is 14.9. The van der Waals surface area contributed by atoms with Crippen molar-refractivity contribution in [2.24, 2.45) is 5.73 Å². The summed E-state index contributed by atoms with van der Waals surface area (Å²) in [5.41, 5.74) is 8.28. The molecule has 3 aromatic rings. The molecule has 9 heteroatoms. The minimum absolute atomic E-state index is 0.390. The second-order valence-corrected chi connectivity index (χ2v) is 7.42. The van der Waals surface area contributed by atoms with E-state index in [2.05, 4.69) is 15.4 Å². The van der Waals surface area contributed by atoms with Crippen LogP contribution in [-0.2, 0) is 4.79 Å². The summed E-state index contributed by atoms with van der Waals surface area (Å²) in [7, 11) is 1.57. The third-order valence-corrected chi connectivity index (χ3v) is 5.24. The van der Waals surface area contributed by atoms with Crippen molar-refractivity contribution in [1.29, 1.82) is 0 Å². The maximum absolute atomic E-state index is 12.4. The van der Waals surface area contributed by atoms with Crippen LogP contribution >= 0.6 is 11.6 Å². The van der Waals surface area contributed by atoms with E-state index < -0.39 is 11.9 Å². The van der Waals surface area contributed by atoms with Crippen molar-refractivity contribution in [3.63, 3.8) is 0 Å². The van der Waals surface area contributed by atoms with Crippen LogP contribution in [-0.4, -0.2) is 34.4 Å². The van der Waals surface area contributed by atoms with Gasteiger partial charge in [-0.3, -0.25) is 4.79 Å². The SMILES string of the molecule is CCOc1ccc(C2C(C(N)=O)=C(C)Nc3nc(-c4cccc(Cl)c4)nn32)cc1OC. The van der Waals surface area contributed by atoms with E-state index in [9.17, 15) is 4.79 Å². The Morgan fingerprint density at radius 3 is 2.74 bits per heavy atom. The molecular weight excluding hydrogens is 418 g/mol. The predicted molar refractivity (Wildman–Crippen MR) is 118 cm³/mol. The number of methoxy groups -OCH3 is 1. The summed E-state index contributed by atoms with van der Waals surface area (Å²) in [6.07, 6.45) is 0. The highest BCUT2D eigenvalue weighted by atomic mass is 35.5. The Hall–Kier alpha value is -3.52. The number of nitrogens with two attached hydrogens (primary N) is 1. The van der Waals surface area contributed by atoms with Crippen LogP contribution in [0.25, 0.3) is 11.4 Å². The molecule has 0 spiro atoms. The molecule has 31 heavy (non-hydrogen) atoms. The fourth-order valence-corrected chi connectivity index (χ4v) is 3.85. The molecule has 1 atom stereocenters. The summed E-state index contributed by atoms with van der Waals surface area (Å²) in [4.78, 5) is 17.0. The highest BCUT2D eigenvalue weighted by molar-refractivity contribution is 6.30. The number of allylic oxidation sites excluding steroid dienone is 1. The van der Waals surface area contributed by atoms with Gasteiger partial charge in [-0.15, -0.1) is 5.10 Å². The molecule has 4 rings (SSSR count). The maximum Gasteiger partial charge on any atom is 0.248 e. The molecule has 1 aliphatic heterocycles. The molecule has 3 N–H and O–H groups in total. The van der Waals surface area contributed by atoms with E-state index in [1.165, 1.54) is 0 Å². The van der Waals surface area contributed by atoms with Crippen LogP contribution in [0.3, 0.4) is 0 Å². The number of carbonyl (C=O) groups excluding carboxylic acids is 1. The Labute approximate surface area is 184 Å². The molecule has 0 saturated heterocycles. The van der Waals surface area contributed by atoms with Gasteiger partial charge in [-0.2, -0.15) is 4.98 Å². The second kappa shape index (κ2) is 8.31. The van der Waals surface area contributed by atoms with E-state index in [0.717, 1.165) is 11.1 Å². The third-order valence-electron chi connectivity index (χ3n) is 5.00. The van der Waals surface area contributed by atoms with Crippen molar-refractivity contribution in [3.05, 3.63) is 64.3 Å². The third kappa shape index (κ3) is 3.82. The van der Waals surface area contributed by atoms with Crippen LogP contribution in [0, 0.1) is 0 Å². The van der Waals surface area contributed by atoms with Gasteiger partial charge in [0, 0.05) is 16.3 Å². The number of nitrogens with zero attached hydrogens (tertiary/aromatic N) is 3. The largest absolute Gasteiger partial charge is 0.493 e. The molecule has 0 fully saturated rings. The number of fused-ring (bicyclic) bond motifs is 1. The van der Waals surface area contributed by atoms with Gasteiger partial charge in [0.1, 0.15) is 6.04 Å². The molecule has 2 aromatic carbocycles. The minimum atomic E-state index is -0.584. The molecule has 1 unspecified atom stereocenters. The lowest BCUT2D eigenvalue weighted by Gasteiger charge is -2.28. The predicted octanol–water partition coefficient (Wildman–Crippen LogP) is 3.78. The zero-order valence-electron chi connectivity index (χ0n) is 17.3. The van der Waals surface area contributed by atoms with Gasteiger partial charge in [-0.1, -0.05) is 29.8 Å². The summed E-state index contributed by atoms with van der Waals surface area (Å²) >= 11 is 6.13. The normalized spacial score (nSPS) is 15.3. The minimum Gasteiger partial charge on any atom is -0.493 e. The number of anilines is 1. The number of carbonyl (C=O) groups is 1. The summed E-state index contributed by atoms with van der Waals surface area (Å²) in [5.74, 6) is 1.59. The monoisotopic (exact) mass is 439 g/mol. The van der Waals surface area contributed by atoms with Gasteiger partial charge in [0.2, 0.25) is 11.9 Å². The zero-order valence-corrected chi connectivity index (χ0v) is 18.1. The van der Waals surface area contributed by atoms with Gasteiger partial charge in [0.15, 0.2) is 17.3 Å². The van der Waals surface area contributed by atoms with Gasteiger partial charge in [-0.05, 0) is 43.7 Å². The van der Waals surface area contributed by atoms with Gasteiger partial charge in [0.05, 0.1) is 19.3 Å². The van der Waals surface area contributed by atoms with Gasteiger partial charge in [-0.25, -0.2) is 4.68 Å². The number of hydrogen-bond acceptors (Lipinski definition) is 6. The maximum atomic E-state index is 12.4. The summed E-state index contributed by atoms with van der Waals surface area (Å²) in [6.45, 7) is 4.19. The van der Waals surface area contributed by atoms with Crippen LogP contribution in [0.15, 0.2) is 53.7 Å². The molecule has 0 bridgehead atoms. The lowest BCUT2D eigenvalue weighted by Crippen LogP contribution is -2.31. The average Bonchev–Trinajstić information content (AvgIpc) is 3.16. The molecule has 8 nitrogen and oxygen atoms in total. The van der Waals surface area contributed by atoms with Crippen molar-refractivity contribution in [2.75, 3.05) is 19.0 Å². The van der Waals surface area contributed by atoms with E-state index in [-0.39, 0.29) is 0 Å². The Morgan fingerprint density at radius 2 is 2.06 bits per heavy atom. The van der Waals surface area contributed by atoms with Crippen LogP contribution in [0.2, 0.25) is 5.02 Å². The van der Waals surface area contributed by atoms with E-state index in [4.69, 9.17) is 26.8 Å². The first-order valence-corrected chi connectivity index (χ1v) is 10.1. The van der Waals surface area contributed by atoms with Crippen LogP contribution < -0.4 is 20.5 Å². The summed E-state index contributed by atoms with van der Waals surface area (Å²) < 4.78 is 12.8. The number of aromatic nitrogens is 3. The molecule has 0 saturated carbocycles. The number of rotatable bonds is 6. The Bertz CT molecular complexity index is 1190. The Balaban J connectivity index is 1.87. The lowest BCUT2D eigenvalue weighted by molar-refractivity contribution is -0.115. The quantitative estimate of drug-likeness (QED) is 0.605. The number of halogens is 1. The molecule has 1 amide bonds. The van der Waals surface area contributed by atoms with Crippen molar-refractivity contribution < 1.29 is 14.3 Å². The number of primary amides is 1. The van der Waals surface area contributed by atoms with Crippen LogP contribution in [0.5, 0.6) is 11.5 Å². The van der Waals surface area contributed by atoms with E-state index in [0.29, 0.717) is 46.2 Å². The number of amides is 1. The standard InChI is InChI=1S/C22H22ClN5O3/c1-4-31-16-9-8-13(11-17(16)30-3)19-18(20(24)29)12(2)25-22-26-21(27-28(19)22)14-6-5-7-15(23)10-14/h5-11,19H,4H2,1-3H3,(H2,24,29)(H,25,26,27). The molecule has 160 valence electrons. The smallest absolute Gasteiger partial charge is 0.248 e. The highest BCUT2D eigenvalue weighted by Crippen LogP contribution is 2.39. The van der Waals surface area contributed by atoms with Gasteiger partial charge in [0.25, 0.3) is 0 Å². The van der Waals surface area contributed by atoms with E-state index in [1.807, 2.05) is 37.3 Å². The van der Waals surface area contributed by atoms with Crippen LogP contribution in [0.1, 0.15) is 25.5 Å². The number of nitrogens with one attached hydrogen (secondary N) is 1. The number of ether oxygens (including phenoxy) is 2. The van der Waals surface area contributed by atoms with E-state index >= 15 is 0 Å². The first-order valence-electron chi connectivity index (χ1n) is 9.73. The Morgan fingerprint density at radius 1 is 1.26 bits per heavy atom. The van der Waals surface area contributed by atoms with Crippen molar-refractivity contribution in [2.45, 2.75) is 19.9 Å². The van der Waals surface area contributed by atoms with Crippen molar-refractivity contribution in [1.82, 2.24) is 14.8 Å². The summed E-state index contributed by atoms with van der Waals surface area (Å²) in [5, 5.41) is 8.39. The number of benzene rings is 2. The van der Waals surface area contributed by atoms with Crippen LogP contribution in [0.4, 0.5) is 5.95 Å². The molecule has 1 aliphatic rings.